The van der Waals surface area contributed by atoms with Crippen LogP contribution < -0.4 is 29.4 Å². The van der Waals surface area contributed by atoms with Gasteiger partial charge in [0.1, 0.15) is 11.5 Å². The first kappa shape index (κ1) is 54.7. The number of fused-ring (bicyclic) bond motifs is 14. The van der Waals surface area contributed by atoms with Crippen LogP contribution in [-0.2, 0) is 39.0 Å². The van der Waals surface area contributed by atoms with Crippen molar-refractivity contribution in [3.63, 3.8) is 0 Å². The standard InChI is InChI=1S/C78H46N8O2.2Zn/c1-87-49-27-15-25-47(37-49)71-61-35-31-57(81-61)68(44-19-9-4-10-20-44)58-32-36-62(82-58)72(48-26-16-28-50(38-48)88-2)66-42-54-52-40-64-70(46-23-13-6-14-24-46)60-34-30-56(80-60)67(43-17-7-3-8-18-43)55-29-33-59(79-55)69(45-21-11-5-12-22-45)63-39-51-53-41-65(71)85-77(53)74(78(54)86-66)73(75(51)83-63)76(52)84-64;;/h3-42H,1-2H3;;/q-4;2*+2. The molecule has 0 fully saturated rings. The molecule has 10 heterocycles. The van der Waals surface area contributed by atoms with Crippen molar-refractivity contribution in [1.82, 2.24) is 39.9 Å². The number of methoxy groups -OCH3 is 2. The van der Waals surface area contributed by atoms with E-state index in [1.807, 2.05) is 48.5 Å². The van der Waals surface area contributed by atoms with Gasteiger partial charge in [-0.2, -0.15) is 0 Å². The van der Waals surface area contributed by atoms with Crippen LogP contribution in [0.15, 0.2) is 218 Å². The van der Waals surface area contributed by atoms with Crippen LogP contribution in [0.3, 0.4) is 0 Å². The average molecular weight is 1260 g/mol. The van der Waals surface area contributed by atoms with Gasteiger partial charge in [0.25, 0.3) is 0 Å². The molecule has 0 saturated carbocycles. The molecule has 0 saturated heterocycles. The van der Waals surface area contributed by atoms with Crippen LogP contribution in [-0.4, -0.2) is 34.2 Å². The van der Waals surface area contributed by atoms with Crippen LogP contribution in [0.2, 0.25) is 0 Å². The molecule has 10 nitrogen and oxygen atoms in total. The zero-order chi connectivity index (χ0) is 58.1. The Balaban J connectivity index is 0.00000324. The summed E-state index contributed by atoms with van der Waals surface area (Å²) in [7, 11) is 3.39. The smallest absolute Gasteiger partial charge is 0.657 e. The number of aromatic nitrogens is 8. The third-order valence-corrected chi connectivity index (χ3v) is 17.5. The van der Waals surface area contributed by atoms with E-state index in [2.05, 4.69) is 194 Å². The summed E-state index contributed by atoms with van der Waals surface area (Å²) in [5.74, 6) is 1.42. The van der Waals surface area contributed by atoms with Crippen LogP contribution in [0.4, 0.5) is 0 Å². The molecule has 2 aliphatic rings. The molecule has 0 N–H and O–H groups in total. The molecule has 8 aromatic carbocycles. The van der Waals surface area contributed by atoms with Crippen LogP contribution in [0.25, 0.3) is 190 Å². The second-order valence-corrected chi connectivity index (χ2v) is 22.4. The summed E-state index contributed by atoms with van der Waals surface area (Å²) >= 11 is 0. The summed E-state index contributed by atoms with van der Waals surface area (Å²) in [5.41, 5.74) is 23.2. The van der Waals surface area contributed by atoms with Gasteiger partial charge in [-0.3, -0.25) is 0 Å². The second-order valence-electron chi connectivity index (χ2n) is 22.4. The molecular formula is C78H46N8O2Zn2. The first-order valence-corrected chi connectivity index (χ1v) is 29.3. The SMILES string of the molecule is COc1cccc(-c2c3nc(c(-c4ccccc4)c4ccc([n-]4)c(-c4cccc(OC)c4)c4cc5c6cc7[n-]c6c6c8nc(cc8c8cc2[n-]c8c6c5n4)c(-c2ccccc2)c2ccc([n-]2)c(-c2ccccc2)c2nc(c7-c4ccccc4)C=C2)C=C3)c1.[Zn+2].[Zn+2]. The maximum atomic E-state index is 5.94. The van der Waals surface area contributed by atoms with E-state index in [9.17, 15) is 0 Å². The molecule has 12 heteroatoms. The first-order valence-electron chi connectivity index (χ1n) is 29.3. The Morgan fingerprint density at radius 2 is 0.600 bits per heavy atom. The molecule has 0 atom stereocenters. The van der Waals surface area contributed by atoms with Crippen LogP contribution in [0.1, 0.15) is 22.8 Å². The minimum Gasteiger partial charge on any atom is -0.657 e. The summed E-state index contributed by atoms with van der Waals surface area (Å²) in [5, 5.41) is 5.32. The molecule has 0 radical (unpaired) electrons. The molecule has 8 aromatic heterocycles. The Morgan fingerprint density at radius 3 is 0.989 bits per heavy atom. The van der Waals surface area contributed by atoms with E-state index < -0.39 is 0 Å². The van der Waals surface area contributed by atoms with Gasteiger partial charge in [-0.05, 0) is 149 Å². The van der Waals surface area contributed by atoms with E-state index in [0.717, 1.165) is 188 Å². The number of hydrogen-bond acceptors (Lipinski definition) is 6. The molecule has 0 aliphatic carbocycles. The van der Waals surface area contributed by atoms with E-state index in [0.29, 0.717) is 11.5 Å². The number of benzene rings is 8. The first-order chi connectivity index (χ1) is 43.5. The maximum Gasteiger partial charge on any atom is 2.00 e. The Bertz CT molecular complexity index is 5830. The van der Waals surface area contributed by atoms with Crippen LogP contribution >= 0.6 is 0 Å². The third kappa shape index (κ3) is 8.58. The Labute approximate surface area is 540 Å². The van der Waals surface area contributed by atoms with E-state index in [1.165, 1.54) is 0 Å². The topological polar surface area (TPSA) is 126 Å². The van der Waals surface area contributed by atoms with E-state index in [-0.39, 0.29) is 39.0 Å². The number of ether oxygens (including phenoxy) is 2. The fourth-order valence-electron chi connectivity index (χ4n) is 13.6. The zero-order valence-electron chi connectivity index (χ0n) is 48.9. The van der Waals surface area contributed by atoms with Gasteiger partial charge in [-0.15, -0.1) is 44.1 Å². The minimum absolute atomic E-state index is 0. The summed E-state index contributed by atoms with van der Waals surface area (Å²) in [4.78, 5) is 46.0. The molecule has 0 amide bonds. The fraction of sp³-hybridized carbons (Fsp3) is 0.0256. The Morgan fingerprint density at radius 1 is 0.278 bits per heavy atom. The normalized spacial score (nSPS) is 12.1. The van der Waals surface area contributed by atoms with E-state index in [4.69, 9.17) is 49.3 Å². The Hall–Kier alpha value is -10.6. The molecule has 18 rings (SSSR count). The molecule has 16 bridgehead atoms. The zero-order valence-corrected chi connectivity index (χ0v) is 54.8. The van der Waals surface area contributed by atoms with Crippen molar-refractivity contribution in [2.45, 2.75) is 0 Å². The summed E-state index contributed by atoms with van der Waals surface area (Å²) in [6.07, 6.45) is 8.43. The molecule has 90 heavy (non-hydrogen) atoms. The molecule has 414 valence electrons. The van der Waals surface area contributed by atoms with E-state index in [1.54, 1.807) is 14.2 Å². The van der Waals surface area contributed by atoms with Crippen LogP contribution in [0, 0.1) is 0 Å². The minimum atomic E-state index is 0. The van der Waals surface area contributed by atoms with Crippen molar-refractivity contribution in [3.8, 4) is 78.3 Å². The largest absolute Gasteiger partial charge is 2.00 e. The van der Waals surface area contributed by atoms with Crippen molar-refractivity contribution in [2.24, 2.45) is 0 Å². The van der Waals surface area contributed by atoms with Gasteiger partial charge < -0.3 is 29.4 Å². The third-order valence-electron chi connectivity index (χ3n) is 17.5. The molecule has 0 unspecified atom stereocenters. The van der Waals surface area contributed by atoms with Gasteiger partial charge in [-0.25, -0.2) is 19.9 Å². The quantitative estimate of drug-likeness (QED) is 0.136. The Kier molecular flexibility index (Phi) is 13.1. The summed E-state index contributed by atoms with van der Waals surface area (Å²) < 4.78 is 11.9. The maximum absolute atomic E-state index is 5.94. The number of hydrogen-bond donors (Lipinski definition) is 0. The molecular weight excluding hydrogens is 1210 g/mol. The number of nitrogens with zero attached hydrogens (tertiary/aromatic N) is 8. The number of rotatable bonds is 8. The van der Waals surface area contributed by atoms with Crippen molar-refractivity contribution in [2.75, 3.05) is 14.2 Å². The fourth-order valence-corrected chi connectivity index (χ4v) is 13.6. The average Bonchev–Trinajstić information content (AvgIpc) is 1.61. The molecule has 2 aliphatic heterocycles. The van der Waals surface area contributed by atoms with Gasteiger partial charge in [0.2, 0.25) is 0 Å². The van der Waals surface area contributed by atoms with Gasteiger partial charge in [0.15, 0.2) is 0 Å². The van der Waals surface area contributed by atoms with Gasteiger partial charge in [0, 0.05) is 10.8 Å². The van der Waals surface area contributed by atoms with Gasteiger partial charge in [-0.1, -0.05) is 182 Å². The predicted molar refractivity (Wildman–Crippen MR) is 358 cm³/mol. The molecule has 0 spiro atoms. The van der Waals surface area contributed by atoms with Crippen LogP contribution in [0.5, 0.6) is 11.5 Å². The second kappa shape index (κ2) is 21.6. The summed E-state index contributed by atoms with van der Waals surface area (Å²) in [6.45, 7) is 0. The van der Waals surface area contributed by atoms with E-state index >= 15 is 0 Å². The van der Waals surface area contributed by atoms with Gasteiger partial charge >= 0.3 is 39.0 Å². The van der Waals surface area contributed by atoms with Crippen molar-refractivity contribution in [1.29, 1.82) is 0 Å². The molecule has 16 aromatic rings. The summed E-state index contributed by atoms with van der Waals surface area (Å²) in [6, 6.07) is 75.4. The monoisotopic (exact) mass is 1250 g/mol. The van der Waals surface area contributed by atoms with Crippen molar-refractivity contribution in [3.05, 3.63) is 241 Å². The van der Waals surface area contributed by atoms with Gasteiger partial charge in [0.05, 0.1) is 59.1 Å². The predicted octanol–water partition coefficient (Wildman–Crippen LogP) is 18.1. The van der Waals surface area contributed by atoms with Crippen molar-refractivity contribution < 1.29 is 48.4 Å². The van der Waals surface area contributed by atoms with Crippen molar-refractivity contribution >= 4 is 123 Å².